The van der Waals surface area contributed by atoms with Crippen molar-refractivity contribution in [2.24, 2.45) is 7.05 Å². The zero-order valence-electron chi connectivity index (χ0n) is 21.4. The first kappa shape index (κ1) is 24.3. The lowest BCUT2D eigenvalue weighted by atomic mass is 9.95. The van der Waals surface area contributed by atoms with Gasteiger partial charge in [0.2, 0.25) is 0 Å². The summed E-state index contributed by atoms with van der Waals surface area (Å²) in [5.74, 6) is 0.293. The van der Waals surface area contributed by atoms with Gasteiger partial charge in [-0.25, -0.2) is 9.18 Å². The van der Waals surface area contributed by atoms with Gasteiger partial charge in [-0.05, 0) is 63.0 Å². The first-order valence-electron chi connectivity index (χ1n) is 11.9. The average molecular weight is 512 g/mol. The van der Waals surface area contributed by atoms with Gasteiger partial charge < -0.3 is 19.3 Å². The molecule has 0 aliphatic carbocycles. The van der Waals surface area contributed by atoms with E-state index in [1.165, 1.54) is 11.5 Å². The Morgan fingerprint density at radius 2 is 1.86 bits per heavy atom. The molecule has 4 aromatic rings. The highest BCUT2D eigenvalue weighted by atomic mass is 32.1. The van der Waals surface area contributed by atoms with Gasteiger partial charge in [-0.15, -0.1) is 0 Å². The Labute approximate surface area is 213 Å². The van der Waals surface area contributed by atoms with Crippen LogP contribution in [0.5, 0.6) is 5.75 Å². The lowest BCUT2D eigenvalue weighted by Crippen LogP contribution is -2.50. The van der Waals surface area contributed by atoms with Crippen molar-refractivity contribution >= 4 is 44.4 Å². The molecular weight excluding hydrogens is 481 g/mol. The van der Waals surface area contributed by atoms with E-state index in [1.54, 1.807) is 22.9 Å². The number of rotatable bonds is 3. The summed E-state index contributed by atoms with van der Waals surface area (Å²) >= 11 is 1.29. The molecule has 0 unspecified atom stereocenters. The van der Waals surface area contributed by atoms with E-state index in [1.807, 2.05) is 52.9 Å². The normalized spacial score (nSPS) is 14.6. The highest BCUT2D eigenvalue weighted by molar-refractivity contribution is 7.11. The van der Waals surface area contributed by atoms with Gasteiger partial charge in [0.05, 0.1) is 18.8 Å². The van der Waals surface area contributed by atoms with Crippen LogP contribution in [-0.4, -0.2) is 64.0 Å². The number of benzene rings is 2. The van der Waals surface area contributed by atoms with Crippen LogP contribution in [0.4, 0.5) is 14.2 Å². The third-order valence-electron chi connectivity index (χ3n) is 6.42. The molecule has 3 heterocycles. The standard InChI is InChI=1S/C26H30FN5O3S/c1-15-11-19-22(21(27)20(15)18-13-17(34-6)12-16-14-28-30(5)23(16)18)29-36-24(19)31-7-9-32(10-8-31)25(33)35-26(2,3)4/h11-14H,7-10H2,1-6H3. The van der Waals surface area contributed by atoms with Crippen molar-refractivity contribution in [3.8, 4) is 16.9 Å². The maximum atomic E-state index is 16.1. The maximum Gasteiger partial charge on any atom is 0.410 e. The van der Waals surface area contributed by atoms with E-state index in [-0.39, 0.29) is 11.9 Å². The summed E-state index contributed by atoms with van der Waals surface area (Å²) in [7, 11) is 3.45. The summed E-state index contributed by atoms with van der Waals surface area (Å²) in [6.45, 7) is 9.84. The Kier molecular flexibility index (Phi) is 6.02. The largest absolute Gasteiger partial charge is 0.497 e. The molecule has 190 valence electrons. The molecule has 1 aliphatic heterocycles. The number of hydrogen-bond donors (Lipinski definition) is 0. The van der Waals surface area contributed by atoms with Crippen LogP contribution in [0.3, 0.4) is 0 Å². The first-order chi connectivity index (χ1) is 17.1. The fourth-order valence-corrected chi connectivity index (χ4v) is 5.65. The van der Waals surface area contributed by atoms with E-state index in [2.05, 4.69) is 14.4 Å². The number of piperazine rings is 1. The van der Waals surface area contributed by atoms with Gasteiger partial charge in [0.1, 0.15) is 21.9 Å². The highest BCUT2D eigenvalue weighted by Crippen LogP contribution is 2.42. The number of anilines is 1. The van der Waals surface area contributed by atoms with Gasteiger partial charge in [-0.3, -0.25) is 4.68 Å². The summed E-state index contributed by atoms with van der Waals surface area (Å²) in [5.41, 5.74) is 2.70. The molecule has 2 aromatic heterocycles. The molecule has 5 rings (SSSR count). The molecule has 0 bridgehead atoms. The minimum absolute atomic E-state index is 0.303. The van der Waals surface area contributed by atoms with E-state index >= 15 is 4.39 Å². The average Bonchev–Trinajstić information content (AvgIpc) is 3.41. The van der Waals surface area contributed by atoms with Crippen LogP contribution in [0.25, 0.3) is 32.9 Å². The Bertz CT molecular complexity index is 1460. The predicted octanol–water partition coefficient (Wildman–Crippen LogP) is 5.36. The van der Waals surface area contributed by atoms with Gasteiger partial charge in [0.25, 0.3) is 0 Å². The fraction of sp³-hybridized carbons (Fsp3) is 0.423. The molecule has 1 saturated heterocycles. The molecule has 1 fully saturated rings. The number of amides is 1. The molecule has 0 spiro atoms. The number of hydrogen-bond acceptors (Lipinski definition) is 7. The Morgan fingerprint density at radius 3 is 2.53 bits per heavy atom. The molecule has 0 saturated carbocycles. The predicted molar refractivity (Wildman–Crippen MR) is 141 cm³/mol. The summed E-state index contributed by atoms with van der Waals surface area (Å²) in [4.78, 5) is 16.3. The molecule has 1 amide bonds. The number of methoxy groups -OCH3 is 1. The topological polar surface area (TPSA) is 72.7 Å². The second kappa shape index (κ2) is 8.92. The second-order valence-corrected chi connectivity index (χ2v) is 10.9. The van der Waals surface area contributed by atoms with Crippen molar-refractivity contribution in [1.29, 1.82) is 0 Å². The maximum absolute atomic E-state index is 16.1. The van der Waals surface area contributed by atoms with Gasteiger partial charge in [0, 0.05) is 55.1 Å². The first-order valence-corrected chi connectivity index (χ1v) is 12.7. The van der Waals surface area contributed by atoms with Crippen LogP contribution in [0.15, 0.2) is 24.4 Å². The molecule has 10 heteroatoms. The summed E-state index contributed by atoms with van der Waals surface area (Å²) in [6, 6.07) is 5.76. The smallest absolute Gasteiger partial charge is 0.410 e. The van der Waals surface area contributed by atoms with Gasteiger partial charge >= 0.3 is 6.09 Å². The quantitative estimate of drug-likeness (QED) is 0.369. The number of carbonyl (C=O) groups excluding carboxylic acids is 1. The van der Waals surface area contributed by atoms with Crippen LogP contribution in [0.2, 0.25) is 0 Å². The highest BCUT2D eigenvalue weighted by Gasteiger charge is 2.28. The number of halogens is 1. The number of aryl methyl sites for hydroxylation is 2. The third-order valence-corrected chi connectivity index (χ3v) is 7.35. The summed E-state index contributed by atoms with van der Waals surface area (Å²) in [5, 5.41) is 6.95. The number of carbonyl (C=O) groups is 1. The molecule has 0 atom stereocenters. The van der Waals surface area contributed by atoms with Crippen LogP contribution < -0.4 is 9.64 Å². The van der Waals surface area contributed by atoms with Crippen molar-refractivity contribution < 1.29 is 18.7 Å². The van der Waals surface area contributed by atoms with Crippen molar-refractivity contribution in [3.05, 3.63) is 35.8 Å². The van der Waals surface area contributed by atoms with Crippen LogP contribution in [0.1, 0.15) is 26.3 Å². The number of ether oxygens (including phenoxy) is 2. The molecule has 0 radical (unpaired) electrons. The lowest BCUT2D eigenvalue weighted by Gasteiger charge is -2.36. The van der Waals surface area contributed by atoms with E-state index in [0.717, 1.165) is 32.4 Å². The van der Waals surface area contributed by atoms with Crippen LogP contribution >= 0.6 is 11.5 Å². The minimum Gasteiger partial charge on any atom is -0.497 e. The number of nitrogens with zero attached hydrogens (tertiary/aromatic N) is 5. The third kappa shape index (κ3) is 4.23. The van der Waals surface area contributed by atoms with Crippen molar-refractivity contribution in [3.63, 3.8) is 0 Å². The molecular formula is C26H30FN5O3S. The zero-order chi connectivity index (χ0) is 25.8. The Morgan fingerprint density at radius 1 is 1.14 bits per heavy atom. The van der Waals surface area contributed by atoms with Crippen molar-refractivity contribution in [2.75, 3.05) is 38.2 Å². The number of aromatic nitrogens is 3. The van der Waals surface area contributed by atoms with Crippen LogP contribution in [-0.2, 0) is 11.8 Å². The zero-order valence-corrected chi connectivity index (χ0v) is 22.2. The van der Waals surface area contributed by atoms with Crippen molar-refractivity contribution in [2.45, 2.75) is 33.3 Å². The fourth-order valence-electron chi connectivity index (χ4n) is 4.74. The van der Waals surface area contributed by atoms with E-state index in [4.69, 9.17) is 9.47 Å². The molecule has 0 N–H and O–H groups in total. The lowest BCUT2D eigenvalue weighted by molar-refractivity contribution is 0.0241. The van der Waals surface area contributed by atoms with Gasteiger partial charge in [-0.2, -0.15) is 9.47 Å². The molecule has 8 nitrogen and oxygen atoms in total. The molecule has 2 aromatic carbocycles. The summed E-state index contributed by atoms with van der Waals surface area (Å²) in [6.07, 6.45) is 1.45. The minimum atomic E-state index is -0.529. The molecule has 1 aliphatic rings. The van der Waals surface area contributed by atoms with E-state index < -0.39 is 5.60 Å². The number of fused-ring (bicyclic) bond motifs is 2. The SMILES string of the molecule is COc1cc(-c2c(C)cc3c(N4CCN(C(=O)OC(C)(C)C)CC4)snc3c2F)c2c(cnn2C)c1. The monoisotopic (exact) mass is 511 g/mol. The van der Waals surface area contributed by atoms with Crippen LogP contribution in [0, 0.1) is 12.7 Å². The summed E-state index contributed by atoms with van der Waals surface area (Å²) < 4.78 is 33.4. The Balaban J connectivity index is 1.49. The van der Waals surface area contributed by atoms with E-state index in [9.17, 15) is 4.79 Å². The van der Waals surface area contributed by atoms with Gasteiger partial charge in [-0.1, -0.05) is 0 Å². The van der Waals surface area contributed by atoms with E-state index in [0.29, 0.717) is 43.0 Å². The van der Waals surface area contributed by atoms with Gasteiger partial charge in [0.15, 0.2) is 5.82 Å². The Hall–Kier alpha value is -3.40. The van der Waals surface area contributed by atoms with Crippen molar-refractivity contribution in [1.82, 2.24) is 19.1 Å². The second-order valence-electron chi connectivity index (χ2n) is 10.1. The molecule has 36 heavy (non-hydrogen) atoms.